The first-order valence-corrected chi connectivity index (χ1v) is 9.39. The Morgan fingerprint density at radius 1 is 1.21 bits per heavy atom. The Hall–Kier alpha value is -2.91. The molecule has 2 aromatic carbocycles. The molecule has 0 radical (unpaired) electrons. The number of benzene rings is 2. The molecule has 0 aliphatic carbocycles. The third-order valence-corrected chi connectivity index (χ3v) is 5.24. The maximum Gasteiger partial charge on any atom is 0.266 e. The van der Waals surface area contributed by atoms with Crippen LogP contribution in [0.25, 0.3) is 6.08 Å². The topological polar surface area (TPSA) is 89.9 Å². The van der Waals surface area contributed by atoms with Crippen LogP contribution < -0.4 is 5.32 Å². The van der Waals surface area contributed by atoms with E-state index in [1.807, 2.05) is 0 Å². The summed E-state index contributed by atoms with van der Waals surface area (Å²) in [5.41, 5.74) is 0.826. The predicted octanol–water partition coefficient (Wildman–Crippen LogP) is 3.47. The lowest BCUT2D eigenvalue weighted by atomic mass is 10.1. The minimum Gasteiger partial charge on any atom is -0.508 e. The Kier molecular flexibility index (Phi) is 5.96. The lowest BCUT2D eigenvalue weighted by Gasteiger charge is -2.14. The van der Waals surface area contributed by atoms with Gasteiger partial charge < -0.3 is 15.5 Å². The Morgan fingerprint density at radius 2 is 1.93 bits per heavy atom. The molecule has 9 heteroatoms. The van der Waals surface area contributed by atoms with Crippen molar-refractivity contribution in [1.82, 2.24) is 4.90 Å². The van der Waals surface area contributed by atoms with Crippen molar-refractivity contribution in [1.29, 1.82) is 0 Å². The number of carbonyl (C=O) groups is 2. The third kappa shape index (κ3) is 4.68. The summed E-state index contributed by atoms with van der Waals surface area (Å²) in [6, 6.07) is 9.41. The van der Waals surface area contributed by atoms with Crippen molar-refractivity contribution in [3.63, 3.8) is 0 Å². The maximum atomic E-state index is 12.9. The molecular weight excluding hydrogens is 403 g/mol. The molecule has 1 fully saturated rings. The van der Waals surface area contributed by atoms with Crippen molar-refractivity contribution in [3.8, 4) is 11.5 Å². The lowest BCUT2D eigenvalue weighted by Crippen LogP contribution is -2.31. The average molecular weight is 418 g/mol. The molecule has 0 atom stereocenters. The molecular formula is C19H15FN2O4S2. The number of aromatic hydroxyl groups is 2. The summed E-state index contributed by atoms with van der Waals surface area (Å²) >= 11 is 6.28. The summed E-state index contributed by atoms with van der Waals surface area (Å²) in [5.74, 6) is -1.35. The van der Waals surface area contributed by atoms with Crippen LogP contribution in [0, 0.1) is 5.82 Å². The van der Waals surface area contributed by atoms with Crippen LogP contribution in [0.1, 0.15) is 12.0 Å². The van der Waals surface area contributed by atoms with E-state index in [0.29, 0.717) is 20.5 Å². The predicted molar refractivity (Wildman–Crippen MR) is 109 cm³/mol. The summed E-state index contributed by atoms with van der Waals surface area (Å²) < 4.78 is 13.2. The van der Waals surface area contributed by atoms with Gasteiger partial charge in [-0.05, 0) is 42.5 Å². The fourth-order valence-corrected chi connectivity index (χ4v) is 3.76. The highest BCUT2D eigenvalue weighted by Gasteiger charge is 2.32. The van der Waals surface area contributed by atoms with E-state index in [1.165, 1.54) is 53.4 Å². The number of halogens is 1. The number of phenolic OH excluding ortho intramolecular Hbond substituents is 2. The summed E-state index contributed by atoms with van der Waals surface area (Å²) in [4.78, 5) is 26.2. The summed E-state index contributed by atoms with van der Waals surface area (Å²) in [5, 5.41) is 21.8. The SMILES string of the molecule is O=C(CCN1C(=O)/C(=C/c2ccc(O)cc2O)SC1=S)Nc1ccc(F)cc1. The minimum atomic E-state index is -0.401. The van der Waals surface area contributed by atoms with E-state index in [9.17, 15) is 24.2 Å². The molecule has 1 saturated heterocycles. The Balaban J connectivity index is 1.62. The van der Waals surface area contributed by atoms with Crippen LogP contribution >= 0.6 is 24.0 Å². The number of thiocarbonyl (C=S) groups is 1. The molecule has 2 aromatic rings. The molecule has 0 unspecified atom stereocenters. The second kappa shape index (κ2) is 8.41. The van der Waals surface area contributed by atoms with Crippen LogP contribution in [0.4, 0.5) is 10.1 Å². The van der Waals surface area contributed by atoms with E-state index in [4.69, 9.17) is 12.2 Å². The van der Waals surface area contributed by atoms with Gasteiger partial charge in [-0.2, -0.15) is 0 Å². The van der Waals surface area contributed by atoms with Gasteiger partial charge in [0.2, 0.25) is 5.91 Å². The number of nitrogens with one attached hydrogen (secondary N) is 1. The fraction of sp³-hybridized carbons (Fsp3) is 0.105. The largest absolute Gasteiger partial charge is 0.508 e. The number of phenols is 2. The standard InChI is InChI=1S/C19H15FN2O4S2/c20-12-2-4-13(5-3-12)21-17(25)7-8-22-18(26)16(28-19(22)27)9-11-1-6-14(23)10-15(11)24/h1-6,9-10,23-24H,7-8H2,(H,21,25)/b16-9-. The molecule has 3 rings (SSSR count). The number of nitrogens with zero attached hydrogens (tertiary/aromatic N) is 1. The Bertz CT molecular complexity index is 976. The minimum absolute atomic E-state index is 0.0154. The molecule has 0 aromatic heterocycles. The van der Waals surface area contributed by atoms with Gasteiger partial charge in [-0.15, -0.1) is 0 Å². The molecule has 3 N–H and O–H groups in total. The molecule has 1 aliphatic heterocycles. The van der Waals surface area contributed by atoms with Crippen molar-refractivity contribution >= 4 is 51.9 Å². The van der Waals surface area contributed by atoms with Gasteiger partial charge in [-0.3, -0.25) is 14.5 Å². The van der Waals surface area contributed by atoms with Crippen LogP contribution in [-0.2, 0) is 9.59 Å². The lowest BCUT2D eigenvalue weighted by molar-refractivity contribution is -0.122. The molecule has 28 heavy (non-hydrogen) atoms. The number of hydrogen-bond acceptors (Lipinski definition) is 6. The molecule has 1 heterocycles. The average Bonchev–Trinajstić information content (AvgIpc) is 2.91. The van der Waals surface area contributed by atoms with E-state index >= 15 is 0 Å². The zero-order valence-corrected chi connectivity index (χ0v) is 16.0. The van der Waals surface area contributed by atoms with Crippen molar-refractivity contribution in [2.45, 2.75) is 6.42 Å². The first-order chi connectivity index (χ1) is 13.3. The first kappa shape index (κ1) is 19.8. The van der Waals surface area contributed by atoms with Gasteiger partial charge in [-0.25, -0.2) is 4.39 Å². The van der Waals surface area contributed by atoms with Crippen molar-refractivity contribution in [2.24, 2.45) is 0 Å². The fourth-order valence-electron chi connectivity index (χ4n) is 2.46. The Labute approximate surface area is 169 Å². The third-order valence-electron chi connectivity index (χ3n) is 3.86. The highest BCUT2D eigenvalue weighted by atomic mass is 32.2. The van der Waals surface area contributed by atoms with Crippen molar-refractivity contribution < 1.29 is 24.2 Å². The molecule has 1 aliphatic rings. The number of amides is 2. The highest BCUT2D eigenvalue weighted by Crippen LogP contribution is 2.34. The van der Waals surface area contributed by atoms with Crippen molar-refractivity contribution in [3.05, 3.63) is 58.8 Å². The molecule has 0 spiro atoms. The van der Waals surface area contributed by atoms with E-state index < -0.39 is 5.82 Å². The molecule has 0 bridgehead atoms. The van der Waals surface area contributed by atoms with Crippen LogP contribution in [0.2, 0.25) is 0 Å². The van der Waals surface area contributed by atoms with E-state index in [-0.39, 0.29) is 36.3 Å². The number of thioether (sulfide) groups is 1. The number of hydrogen-bond donors (Lipinski definition) is 3. The monoisotopic (exact) mass is 418 g/mol. The molecule has 6 nitrogen and oxygen atoms in total. The van der Waals surface area contributed by atoms with Gasteiger partial charge in [0.1, 0.15) is 21.6 Å². The van der Waals surface area contributed by atoms with Gasteiger partial charge in [0, 0.05) is 30.3 Å². The second-order valence-corrected chi connectivity index (χ2v) is 7.56. The normalized spacial score (nSPS) is 15.3. The smallest absolute Gasteiger partial charge is 0.266 e. The zero-order valence-electron chi connectivity index (χ0n) is 14.4. The van der Waals surface area contributed by atoms with Gasteiger partial charge in [-0.1, -0.05) is 24.0 Å². The maximum absolute atomic E-state index is 12.9. The zero-order chi connectivity index (χ0) is 20.3. The number of anilines is 1. The van der Waals surface area contributed by atoms with E-state index in [0.717, 1.165) is 11.8 Å². The molecule has 2 amide bonds. The molecule has 144 valence electrons. The first-order valence-electron chi connectivity index (χ1n) is 8.16. The van der Waals surface area contributed by atoms with Gasteiger partial charge in [0.25, 0.3) is 5.91 Å². The summed E-state index contributed by atoms with van der Waals surface area (Å²) in [6.07, 6.45) is 1.49. The van der Waals surface area contributed by atoms with Crippen LogP contribution in [0.3, 0.4) is 0 Å². The van der Waals surface area contributed by atoms with Gasteiger partial charge >= 0.3 is 0 Å². The Morgan fingerprint density at radius 3 is 2.61 bits per heavy atom. The second-order valence-electron chi connectivity index (χ2n) is 5.88. The highest BCUT2D eigenvalue weighted by molar-refractivity contribution is 8.26. The number of carbonyl (C=O) groups excluding carboxylic acids is 2. The van der Waals surface area contributed by atoms with Crippen LogP contribution in [-0.4, -0.2) is 37.8 Å². The van der Waals surface area contributed by atoms with Crippen LogP contribution in [0.5, 0.6) is 11.5 Å². The van der Waals surface area contributed by atoms with Gasteiger partial charge in [0.15, 0.2) is 0 Å². The van der Waals surface area contributed by atoms with E-state index in [1.54, 1.807) is 0 Å². The number of rotatable bonds is 5. The van der Waals surface area contributed by atoms with Crippen LogP contribution in [0.15, 0.2) is 47.4 Å². The van der Waals surface area contributed by atoms with E-state index in [2.05, 4.69) is 5.32 Å². The molecule has 0 saturated carbocycles. The van der Waals surface area contributed by atoms with Gasteiger partial charge in [0.05, 0.1) is 4.91 Å². The van der Waals surface area contributed by atoms with Crippen molar-refractivity contribution in [2.75, 3.05) is 11.9 Å². The summed E-state index contributed by atoms with van der Waals surface area (Å²) in [6.45, 7) is 0.0938. The quantitative estimate of drug-likeness (QED) is 0.509. The summed E-state index contributed by atoms with van der Waals surface area (Å²) in [7, 11) is 0.